The zero-order chi connectivity index (χ0) is 14.9. The molecule has 1 unspecified atom stereocenters. The van der Waals surface area contributed by atoms with Gasteiger partial charge in [0.25, 0.3) is 0 Å². The number of rotatable bonds is 5. The molecule has 0 spiro atoms. The van der Waals surface area contributed by atoms with E-state index in [1.807, 2.05) is 24.3 Å². The minimum Gasteiger partial charge on any atom is -0.395 e. The Morgan fingerprint density at radius 3 is 2.86 bits per heavy atom. The lowest BCUT2D eigenvalue weighted by Crippen LogP contribution is -2.26. The second-order valence-electron chi connectivity index (χ2n) is 5.09. The first-order valence-electron chi connectivity index (χ1n) is 7.35. The number of nitrogens with one attached hydrogen (secondary N) is 1. The van der Waals surface area contributed by atoms with Crippen LogP contribution in [0.5, 0.6) is 0 Å². The summed E-state index contributed by atoms with van der Waals surface area (Å²) in [5.74, 6) is 5.89. The van der Waals surface area contributed by atoms with Crippen molar-refractivity contribution in [3.63, 3.8) is 0 Å². The molecule has 1 aliphatic rings. The summed E-state index contributed by atoms with van der Waals surface area (Å²) in [6, 6.07) is 7.75. The van der Waals surface area contributed by atoms with Crippen LogP contribution in [0.25, 0.3) is 0 Å². The Morgan fingerprint density at radius 2 is 2.19 bits per heavy atom. The molecule has 0 radical (unpaired) electrons. The molecule has 1 saturated heterocycles. The molecule has 1 atom stereocenters. The molecular weight excluding hydrogens is 266 g/mol. The lowest BCUT2D eigenvalue weighted by atomic mass is 10.1. The number of aliphatic hydroxyl groups excluding tert-OH is 1. The van der Waals surface area contributed by atoms with Gasteiger partial charge in [0.05, 0.1) is 19.1 Å². The molecule has 1 heterocycles. The molecule has 0 aromatic heterocycles. The monoisotopic (exact) mass is 287 g/mol. The van der Waals surface area contributed by atoms with E-state index in [-0.39, 0.29) is 18.6 Å². The third-order valence-corrected chi connectivity index (χ3v) is 3.35. The van der Waals surface area contributed by atoms with Gasteiger partial charge in [0.2, 0.25) is 5.91 Å². The van der Waals surface area contributed by atoms with Gasteiger partial charge in [-0.05, 0) is 30.5 Å². The molecule has 1 aromatic rings. The number of carbonyl (C=O) groups is 1. The smallest absolute Gasteiger partial charge is 0.222 e. The SMILES string of the molecule is O=C(CC1CCCO1)NCc1ccc(C#CCCO)cc1. The van der Waals surface area contributed by atoms with E-state index >= 15 is 0 Å². The highest BCUT2D eigenvalue weighted by molar-refractivity contribution is 5.76. The van der Waals surface area contributed by atoms with Crippen molar-refractivity contribution in [3.8, 4) is 11.8 Å². The van der Waals surface area contributed by atoms with Crippen LogP contribution in [0.2, 0.25) is 0 Å². The Kier molecular flexibility index (Phi) is 6.26. The molecule has 4 nitrogen and oxygen atoms in total. The van der Waals surface area contributed by atoms with Crippen LogP contribution in [-0.4, -0.2) is 30.3 Å². The predicted octanol–water partition coefficient (Wildman–Crippen LogP) is 1.61. The summed E-state index contributed by atoms with van der Waals surface area (Å²) in [5, 5.41) is 11.6. The van der Waals surface area contributed by atoms with Crippen LogP contribution in [0.1, 0.15) is 36.8 Å². The fraction of sp³-hybridized carbons (Fsp3) is 0.471. The molecule has 4 heteroatoms. The van der Waals surface area contributed by atoms with Gasteiger partial charge in [0.15, 0.2) is 0 Å². The highest BCUT2D eigenvalue weighted by Gasteiger charge is 2.18. The second-order valence-corrected chi connectivity index (χ2v) is 5.09. The van der Waals surface area contributed by atoms with Crippen molar-refractivity contribution in [2.45, 2.75) is 38.3 Å². The van der Waals surface area contributed by atoms with Gasteiger partial charge in [-0.3, -0.25) is 4.79 Å². The third-order valence-electron chi connectivity index (χ3n) is 3.35. The Hall–Kier alpha value is -1.83. The molecule has 0 saturated carbocycles. The Morgan fingerprint density at radius 1 is 1.38 bits per heavy atom. The number of hydrogen-bond acceptors (Lipinski definition) is 3. The van der Waals surface area contributed by atoms with Gasteiger partial charge in [-0.1, -0.05) is 24.0 Å². The zero-order valence-corrected chi connectivity index (χ0v) is 12.1. The van der Waals surface area contributed by atoms with Crippen LogP contribution >= 0.6 is 0 Å². The van der Waals surface area contributed by atoms with Crippen LogP contribution < -0.4 is 5.32 Å². The first kappa shape index (κ1) is 15.6. The second kappa shape index (κ2) is 8.46. The number of amides is 1. The molecule has 1 aliphatic heterocycles. The van der Waals surface area contributed by atoms with E-state index in [4.69, 9.17) is 9.84 Å². The normalized spacial score (nSPS) is 17.1. The van der Waals surface area contributed by atoms with E-state index in [1.54, 1.807) is 0 Å². The summed E-state index contributed by atoms with van der Waals surface area (Å²) in [6.45, 7) is 1.38. The van der Waals surface area contributed by atoms with Crippen molar-refractivity contribution >= 4 is 5.91 Å². The number of benzene rings is 1. The van der Waals surface area contributed by atoms with Gasteiger partial charge >= 0.3 is 0 Å². The maximum Gasteiger partial charge on any atom is 0.222 e. The van der Waals surface area contributed by atoms with Crippen LogP contribution in [0.4, 0.5) is 0 Å². The number of carbonyl (C=O) groups excluding carboxylic acids is 1. The van der Waals surface area contributed by atoms with Gasteiger partial charge in [-0.25, -0.2) is 0 Å². The topological polar surface area (TPSA) is 58.6 Å². The van der Waals surface area contributed by atoms with E-state index < -0.39 is 0 Å². The lowest BCUT2D eigenvalue weighted by Gasteiger charge is -2.09. The summed E-state index contributed by atoms with van der Waals surface area (Å²) in [4.78, 5) is 11.8. The molecule has 2 N–H and O–H groups in total. The Bertz CT molecular complexity index is 507. The van der Waals surface area contributed by atoms with Gasteiger partial charge < -0.3 is 15.2 Å². The van der Waals surface area contributed by atoms with E-state index in [9.17, 15) is 4.79 Å². The zero-order valence-electron chi connectivity index (χ0n) is 12.1. The van der Waals surface area contributed by atoms with Crippen LogP contribution in [0, 0.1) is 11.8 Å². The summed E-state index contributed by atoms with van der Waals surface area (Å²) in [6.07, 6.45) is 3.06. The van der Waals surface area contributed by atoms with Gasteiger partial charge in [0, 0.05) is 25.1 Å². The minimum atomic E-state index is 0.0358. The van der Waals surface area contributed by atoms with Crippen LogP contribution in [0.3, 0.4) is 0 Å². The number of aliphatic hydroxyl groups is 1. The van der Waals surface area contributed by atoms with Crippen molar-refractivity contribution in [1.29, 1.82) is 0 Å². The van der Waals surface area contributed by atoms with E-state index in [0.717, 1.165) is 30.6 Å². The maximum atomic E-state index is 11.8. The summed E-state index contributed by atoms with van der Waals surface area (Å²) >= 11 is 0. The third kappa shape index (κ3) is 5.58. The van der Waals surface area contributed by atoms with Gasteiger partial charge in [-0.2, -0.15) is 0 Å². The molecular formula is C17H21NO3. The minimum absolute atomic E-state index is 0.0358. The van der Waals surface area contributed by atoms with E-state index in [1.165, 1.54) is 0 Å². The molecule has 2 rings (SSSR count). The number of ether oxygens (including phenoxy) is 1. The molecule has 21 heavy (non-hydrogen) atoms. The Balaban J connectivity index is 1.75. The predicted molar refractivity (Wildman–Crippen MR) is 80.5 cm³/mol. The van der Waals surface area contributed by atoms with E-state index in [2.05, 4.69) is 17.2 Å². The summed E-state index contributed by atoms with van der Waals surface area (Å²) in [5.41, 5.74) is 1.96. The van der Waals surface area contributed by atoms with Crippen molar-refractivity contribution in [2.24, 2.45) is 0 Å². The van der Waals surface area contributed by atoms with Crippen molar-refractivity contribution in [2.75, 3.05) is 13.2 Å². The highest BCUT2D eigenvalue weighted by Crippen LogP contribution is 2.15. The highest BCUT2D eigenvalue weighted by atomic mass is 16.5. The van der Waals surface area contributed by atoms with Gasteiger partial charge in [0.1, 0.15) is 0 Å². The first-order valence-corrected chi connectivity index (χ1v) is 7.35. The summed E-state index contributed by atoms with van der Waals surface area (Å²) < 4.78 is 5.44. The fourth-order valence-electron chi connectivity index (χ4n) is 2.21. The molecule has 0 bridgehead atoms. The van der Waals surface area contributed by atoms with E-state index in [0.29, 0.717) is 19.4 Å². The molecule has 1 amide bonds. The fourth-order valence-corrected chi connectivity index (χ4v) is 2.21. The Labute approximate surface area is 125 Å². The van der Waals surface area contributed by atoms with Crippen LogP contribution in [-0.2, 0) is 16.1 Å². The molecule has 1 fully saturated rings. The van der Waals surface area contributed by atoms with Gasteiger partial charge in [-0.15, -0.1) is 0 Å². The largest absolute Gasteiger partial charge is 0.395 e. The lowest BCUT2D eigenvalue weighted by molar-refractivity contribution is -0.123. The number of hydrogen-bond donors (Lipinski definition) is 2. The first-order chi connectivity index (χ1) is 10.3. The van der Waals surface area contributed by atoms with Crippen molar-refractivity contribution in [1.82, 2.24) is 5.32 Å². The summed E-state index contributed by atoms with van der Waals surface area (Å²) in [7, 11) is 0. The average molecular weight is 287 g/mol. The molecule has 1 aromatic carbocycles. The quantitative estimate of drug-likeness (QED) is 0.809. The van der Waals surface area contributed by atoms with Crippen molar-refractivity contribution < 1.29 is 14.6 Å². The maximum absolute atomic E-state index is 11.8. The molecule has 112 valence electrons. The van der Waals surface area contributed by atoms with Crippen LogP contribution in [0.15, 0.2) is 24.3 Å². The average Bonchev–Trinajstić information content (AvgIpc) is 2.99. The standard InChI is InChI=1S/C17H21NO3/c19-10-2-1-4-14-6-8-15(9-7-14)13-18-17(20)12-16-5-3-11-21-16/h6-9,16,19H,2-3,5,10-13H2,(H,18,20). The van der Waals surface area contributed by atoms with Crippen molar-refractivity contribution in [3.05, 3.63) is 35.4 Å². The molecule has 0 aliphatic carbocycles.